The largest absolute Gasteiger partial charge is 0.493 e. The summed E-state index contributed by atoms with van der Waals surface area (Å²) in [7, 11) is 1.35. The van der Waals surface area contributed by atoms with E-state index in [1.165, 1.54) is 19.2 Å². The van der Waals surface area contributed by atoms with Crippen molar-refractivity contribution < 1.29 is 28.8 Å². The van der Waals surface area contributed by atoms with E-state index in [0.29, 0.717) is 12.8 Å². The average Bonchev–Trinajstić information content (AvgIpc) is 2.91. The first kappa shape index (κ1) is 18.8. The number of carbonyl (C=O) groups is 3. The lowest BCUT2D eigenvalue weighted by atomic mass is 9.81. The van der Waals surface area contributed by atoms with Crippen molar-refractivity contribution in [2.75, 3.05) is 13.7 Å². The van der Waals surface area contributed by atoms with E-state index in [1.807, 2.05) is 0 Å². The molecular weight excluding hydrogens is 356 g/mol. The third kappa shape index (κ3) is 3.76. The van der Waals surface area contributed by atoms with Crippen LogP contribution in [-0.4, -0.2) is 41.3 Å². The standard InChI is InChI=1S/C18H20N2O7/c1-26-14-7-6-11(20(24)25)10-15(14)27-16(21)8-9-19-17(22)12-4-2-3-5-13(12)18(19)23/h6-7,10,12-13H,2-5,8-9H2,1H3/t12-,13+. The van der Waals surface area contributed by atoms with Gasteiger partial charge in [-0.3, -0.25) is 29.4 Å². The fourth-order valence-corrected chi connectivity index (χ4v) is 3.69. The van der Waals surface area contributed by atoms with Crippen molar-refractivity contribution >= 4 is 23.5 Å². The van der Waals surface area contributed by atoms with Gasteiger partial charge in [0, 0.05) is 12.6 Å². The second-order valence-electron chi connectivity index (χ2n) is 6.64. The smallest absolute Gasteiger partial charge is 0.313 e. The van der Waals surface area contributed by atoms with Gasteiger partial charge >= 0.3 is 5.97 Å². The fraction of sp³-hybridized carbons (Fsp3) is 0.500. The van der Waals surface area contributed by atoms with Crippen molar-refractivity contribution in [1.82, 2.24) is 4.90 Å². The normalized spacial score (nSPS) is 21.7. The number of non-ortho nitro benzene ring substituents is 1. The molecule has 1 aliphatic carbocycles. The number of likely N-dealkylation sites (tertiary alicyclic amines) is 1. The van der Waals surface area contributed by atoms with Gasteiger partial charge in [0.15, 0.2) is 11.5 Å². The lowest BCUT2D eigenvalue weighted by Gasteiger charge is -2.19. The summed E-state index contributed by atoms with van der Waals surface area (Å²) in [5, 5.41) is 10.9. The molecule has 2 amide bonds. The Morgan fingerprint density at radius 2 is 1.81 bits per heavy atom. The number of hydrogen-bond acceptors (Lipinski definition) is 7. The summed E-state index contributed by atoms with van der Waals surface area (Å²) in [6, 6.07) is 3.66. The number of benzene rings is 1. The van der Waals surface area contributed by atoms with Gasteiger partial charge in [0.2, 0.25) is 11.8 Å². The minimum atomic E-state index is -0.704. The Bertz CT molecular complexity index is 768. The molecule has 1 aromatic rings. The predicted molar refractivity (Wildman–Crippen MR) is 92.1 cm³/mol. The maximum atomic E-state index is 12.4. The summed E-state index contributed by atoms with van der Waals surface area (Å²) < 4.78 is 10.2. The number of fused-ring (bicyclic) bond motifs is 1. The molecule has 0 N–H and O–H groups in total. The Morgan fingerprint density at radius 3 is 2.37 bits per heavy atom. The highest BCUT2D eigenvalue weighted by Gasteiger charge is 2.47. The number of amides is 2. The van der Waals surface area contributed by atoms with Crippen LogP contribution in [-0.2, 0) is 14.4 Å². The monoisotopic (exact) mass is 376 g/mol. The van der Waals surface area contributed by atoms with Crippen molar-refractivity contribution in [3.05, 3.63) is 28.3 Å². The zero-order valence-corrected chi connectivity index (χ0v) is 14.9. The second kappa shape index (κ2) is 7.73. The summed E-state index contributed by atoms with van der Waals surface area (Å²) in [6.45, 7) is -0.0548. The van der Waals surface area contributed by atoms with E-state index in [9.17, 15) is 24.5 Å². The van der Waals surface area contributed by atoms with E-state index in [0.717, 1.165) is 23.8 Å². The van der Waals surface area contributed by atoms with Gasteiger partial charge in [-0.25, -0.2) is 0 Å². The van der Waals surface area contributed by atoms with E-state index in [4.69, 9.17) is 9.47 Å². The average molecular weight is 376 g/mol. The molecule has 1 heterocycles. The number of nitro benzene ring substituents is 1. The maximum Gasteiger partial charge on any atom is 0.313 e. The number of esters is 1. The molecule has 27 heavy (non-hydrogen) atoms. The lowest BCUT2D eigenvalue weighted by molar-refractivity contribution is -0.384. The summed E-state index contributed by atoms with van der Waals surface area (Å²) in [6.07, 6.45) is 3.09. The van der Waals surface area contributed by atoms with Gasteiger partial charge in [-0.15, -0.1) is 0 Å². The van der Waals surface area contributed by atoms with Crippen LogP contribution < -0.4 is 9.47 Å². The summed E-state index contributed by atoms with van der Waals surface area (Å²) in [4.78, 5) is 48.4. The van der Waals surface area contributed by atoms with Crippen LogP contribution >= 0.6 is 0 Å². The predicted octanol–water partition coefficient (Wildman–Crippen LogP) is 2.07. The Hall–Kier alpha value is -2.97. The van der Waals surface area contributed by atoms with Crippen LogP contribution in [0.2, 0.25) is 0 Å². The first-order chi connectivity index (χ1) is 12.9. The molecule has 1 aliphatic heterocycles. The third-order valence-electron chi connectivity index (χ3n) is 5.05. The Morgan fingerprint density at radius 1 is 1.19 bits per heavy atom. The Kier molecular flexibility index (Phi) is 5.38. The van der Waals surface area contributed by atoms with Gasteiger partial charge in [0.25, 0.3) is 5.69 Å². The molecule has 0 bridgehead atoms. The molecule has 0 radical (unpaired) electrons. The Balaban J connectivity index is 1.63. The molecule has 9 nitrogen and oxygen atoms in total. The van der Waals surface area contributed by atoms with Crippen molar-refractivity contribution in [3.63, 3.8) is 0 Å². The van der Waals surface area contributed by atoms with Crippen molar-refractivity contribution in [3.8, 4) is 11.5 Å². The molecular formula is C18H20N2O7. The molecule has 1 saturated carbocycles. The molecule has 0 spiro atoms. The first-order valence-corrected chi connectivity index (χ1v) is 8.80. The second-order valence-corrected chi connectivity index (χ2v) is 6.64. The molecule has 2 atom stereocenters. The Labute approximate surface area is 155 Å². The van der Waals surface area contributed by atoms with Gasteiger partial charge in [-0.05, 0) is 18.9 Å². The highest BCUT2D eigenvalue weighted by atomic mass is 16.6. The van der Waals surface area contributed by atoms with Crippen LogP contribution in [0, 0.1) is 22.0 Å². The lowest BCUT2D eigenvalue weighted by Crippen LogP contribution is -2.33. The number of nitrogens with zero attached hydrogens (tertiary/aromatic N) is 2. The van der Waals surface area contributed by atoms with Crippen LogP contribution in [0.25, 0.3) is 0 Å². The molecule has 3 rings (SSSR count). The molecule has 1 saturated heterocycles. The van der Waals surface area contributed by atoms with Crippen molar-refractivity contribution in [2.45, 2.75) is 32.1 Å². The minimum absolute atomic E-state index is 0.0548. The molecule has 0 unspecified atom stereocenters. The summed E-state index contributed by atoms with van der Waals surface area (Å²) in [5.74, 6) is -1.57. The van der Waals surface area contributed by atoms with E-state index in [-0.39, 0.29) is 53.8 Å². The van der Waals surface area contributed by atoms with Gasteiger partial charge in [-0.2, -0.15) is 0 Å². The number of hydrogen-bond donors (Lipinski definition) is 0. The van der Waals surface area contributed by atoms with E-state index in [1.54, 1.807) is 0 Å². The van der Waals surface area contributed by atoms with Crippen LogP contribution in [0.15, 0.2) is 18.2 Å². The number of imide groups is 1. The van der Waals surface area contributed by atoms with Gasteiger partial charge in [0.05, 0.1) is 36.4 Å². The number of methoxy groups -OCH3 is 1. The van der Waals surface area contributed by atoms with Crippen LogP contribution in [0.5, 0.6) is 11.5 Å². The minimum Gasteiger partial charge on any atom is -0.493 e. The molecule has 0 aromatic heterocycles. The molecule has 144 valence electrons. The third-order valence-corrected chi connectivity index (χ3v) is 5.05. The fourth-order valence-electron chi connectivity index (χ4n) is 3.69. The van der Waals surface area contributed by atoms with Crippen molar-refractivity contribution in [1.29, 1.82) is 0 Å². The van der Waals surface area contributed by atoms with Gasteiger partial charge in [-0.1, -0.05) is 12.8 Å². The highest BCUT2D eigenvalue weighted by Crippen LogP contribution is 2.38. The molecule has 9 heteroatoms. The quantitative estimate of drug-likeness (QED) is 0.245. The van der Waals surface area contributed by atoms with Crippen molar-refractivity contribution in [2.24, 2.45) is 11.8 Å². The van der Waals surface area contributed by atoms with Crippen LogP contribution in [0.1, 0.15) is 32.1 Å². The van der Waals surface area contributed by atoms with Gasteiger partial charge < -0.3 is 9.47 Å². The van der Waals surface area contributed by atoms with Gasteiger partial charge in [0.1, 0.15) is 0 Å². The molecule has 2 fully saturated rings. The zero-order valence-electron chi connectivity index (χ0n) is 14.9. The van der Waals surface area contributed by atoms with Crippen LogP contribution in [0.4, 0.5) is 5.69 Å². The SMILES string of the molecule is COc1ccc([N+](=O)[O-])cc1OC(=O)CCN1C(=O)[C@H]2CCCC[C@H]2C1=O. The highest BCUT2D eigenvalue weighted by molar-refractivity contribution is 6.05. The number of rotatable bonds is 6. The zero-order chi connectivity index (χ0) is 19.6. The summed E-state index contributed by atoms with van der Waals surface area (Å²) >= 11 is 0. The molecule has 1 aromatic carbocycles. The summed E-state index contributed by atoms with van der Waals surface area (Å²) in [5.41, 5.74) is -0.243. The first-order valence-electron chi connectivity index (χ1n) is 8.80. The maximum absolute atomic E-state index is 12.4. The molecule has 2 aliphatic rings. The van der Waals surface area contributed by atoms with E-state index >= 15 is 0 Å². The van der Waals surface area contributed by atoms with E-state index in [2.05, 4.69) is 0 Å². The number of ether oxygens (including phenoxy) is 2. The topological polar surface area (TPSA) is 116 Å². The number of nitro groups is 1. The number of carbonyl (C=O) groups excluding carboxylic acids is 3. The van der Waals surface area contributed by atoms with E-state index < -0.39 is 10.9 Å². The van der Waals surface area contributed by atoms with Crippen LogP contribution in [0.3, 0.4) is 0 Å².